The minimum atomic E-state index is -3.59. The van der Waals surface area contributed by atoms with Gasteiger partial charge < -0.3 is 14.5 Å². The molecule has 33 heavy (non-hydrogen) atoms. The smallest absolute Gasteiger partial charge is 0.240 e. The summed E-state index contributed by atoms with van der Waals surface area (Å²) in [5.74, 6) is 0.206. The second-order valence-electron chi connectivity index (χ2n) is 8.64. The van der Waals surface area contributed by atoms with E-state index >= 15 is 0 Å². The van der Waals surface area contributed by atoms with Crippen LogP contribution in [0.5, 0.6) is 5.75 Å². The summed E-state index contributed by atoms with van der Waals surface area (Å²) in [6.45, 7) is 3.19. The number of likely N-dealkylation sites (tertiary alicyclic amines) is 1. The van der Waals surface area contributed by atoms with Crippen molar-refractivity contribution in [2.24, 2.45) is 5.92 Å². The van der Waals surface area contributed by atoms with Gasteiger partial charge in [0.25, 0.3) is 0 Å². The molecule has 0 radical (unpaired) electrons. The van der Waals surface area contributed by atoms with Crippen LogP contribution in [0.15, 0.2) is 53.4 Å². The van der Waals surface area contributed by atoms with Crippen LogP contribution in [0.4, 0.5) is 5.69 Å². The minimum Gasteiger partial charge on any atom is -0.497 e. The highest BCUT2D eigenvalue weighted by Gasteiger charge is 2.38. The first-order chi connectivity index (χ1) is 15.8. The number of piperidine rings is 1. The summed E-state index contributed by atoms with van der Waals surface area (Å²) in [4.78, 5) is 29.2. The van der Waals surface area contributed by atoms with Gasteiger partial charge in [-0.3, -0.25) is 9.59 Å². The molecule has 8 nitrogen and oxygen atoms in total. The van der Waals surface area contributed by atoms with Crippen molar-refractivity contribution in [1.82, 2.24) is 9.62 Å². The largest absolute Gasteiger partial charge is 0.497 e. The monoisotopic (exact) mass is 471 g/mol. The highest BCUT2D eigenvalue weighted by Crippen LogP contribution is 2.28. The first kappa shape index (κ1) is 23.3. The molecule has 2 aromatic rings. The number of sulfonamides is 1. The van der Waals surface area contributed by atoms with Crippen LogP contribution in [0.25, 0.3) is 0 Å². The molecular weight excluding hydrogens is 442 g/mol. The maximum Gasteiger partial charge on any atom is 0.240 e. The lowest BCUT2D eigenvalue weighted by molar-refractivity contribution is -0.136. The molecule has 2 aliphatic rings. The number of carbonyl (C=O) groups excluding carboxylic acids is 2. The van der Waals surface area contributed by atoms with Gasteiger partial charge in [-0.2, -0.15) is 0 Å². The van der Waals surface area contributed by atoms with Crippen LogP contribution in [0.2, 0.25) is 0 Å². The number of ether oxygens (including phenoxy) is 1. The quantitative estimate of drug-likeness (QED) is 0.698. The number of hydrogen-bond donors (Lipinski definition) is 1. The molecule has 176 valence electrons. The van der Waals surface area contributed by atoms with Crippen molar-refractivity contribution in [3.05, 3.63) is 54.1 Å². The van der Waals surface area contributed by atoms with Crippen molar-refractivity contribution in [2.45, 2.75) is 37.1 Å². The van der Waals surface area contributed by atoms with E-state index in [-0.39, 0.29) is 35.1 Å². The van der Waals surface area contributed by atoms with Crippen molar-refractivity contribution in [1.29, 1.82) is 0 Å². The lowest BCUT2D eigenvalue weighted by Gasteiger charge is -2.33. The third-order valence-electron chi connectivity index (χ3n) is 6.32. The van der Waals surface area contributed by atoms with Crippen molar-refractivity contribution < 1.29 is 22.7 Å². The molecular formula is C24H29N3O5S. The number of nitrogens with zero attached hydrogens (tertiary/aromatic N) is 2. The van der Waals surface area contributed by atoms with Gasteiger partial charge in [0.15, 0.2) is 0 Å². The van der Waals surface area contributed by atoms with Crippen molar-refractivity contribution in [3.8, 4) is 5.75 Å². The summed E-state index contributed by atoms with van der Waals surface area (Å²) in [6.07, 6.45) is 1.27. The predicted molar refractivity (Wildman–Crippen MR) is 125 cm³/mol. The van der Waals surface area contributed by atoms with Crippen LogP contribution >= 0.6 is 0 Å². The molecule has 2 heterocycles. The second kappa shape index (κ2) is 9.52. The molecule has 0 aromatic heterocycles. The van der Waals surface area contributed by atoms with Crippen LogP contribution in [-0.2, 0) is 19.6 Å². The molecule has 1 atom stereocenters. The number of aryl methyl sites for hydroxylation is 1. The fraction of sp³-hybridized carbons (Fsp3) is 0.417. The van der Waals surface area contributed by atoms with Crippen LogP contribution in [0.3, 0.4) is 0 Å². The Bertz CT molecular complexity index is 1110. The molecule has 9 heteroatoms. The highest BCUT2D eigenvalue weighted by molar-refractivity contribution is 7.89. The standard InChI is InChI=1S/C24H29N3O5S/c1-17-3-9-22(10-4-17)33(30,31)25-19-11-13-26(14-12-19)24(29)18-15-23(28)27(16-18)20-5-7-21(32-2)8-6-20/h3-10,18-19,25H,11-16H2,1-2H3/t18-/m1/s1. The van der Waals surface area contributed by atoms with Gasteiger partial charge in [0, 0.05) is 37.8 Å². The number of hydrogen-bond acceptors (Lipinski definition) is 5. The first-order valence-corrected chi connectivity index (χ1v) is 12.6. The Hall–Kier alpha value is -2.91. The Morgan fingerprint density at radius 2 is 1.67 bits per heavy atom. The fourth-order valence-electron chi connectivity index (χ4n) is 4.37. The summed E-state index contributed by atoms with van der Waals surface area (Å²) in [5, 5.41) is 0. The SMILES string of the molecule is COc1ccc(N2C[C@H](C(=O)N3CCC(NS(=O)(=O)c4ccc(C)cc4)CC3)CC2=O)cc1. The summed E-state index contributed by atoms with van der Waals surface area (Å²) in [5.41, 5.74) is 1.75. The molecule has 4 rings (SSSR count). The van der Waals surface area contributed by atoms with Gasteiger partial charge in [-0.05, 0) is 56.2 Å². The minimum absolute atomic E-state index is 0.0424. The molecule has 2 fully saturated rings. The van der Waals surface area contributed by atoms with Crippen LogP contribution in [0, 0.1) is 12.8 Å². The normalized spacial score (nSPS) is 19.7. The lowest BCUT2D eigenvalue weighted by Crippen LogP contribution is -2.48. The number of methoxy groups -OCH3 is 1. The Morgan fingerprint density at radius 3 is 2.27 bits per heavy atom. The molecule has 0 saturated carbocycles. The molecule has 2 saturated heterocycles. The van der Waals surface area contributed by atoms with E-state index < -0.39 is 10.0 Å². The number of rotatable bonds is 6. The first-order valence-electron chi connectivity index (χ1n) is 11.1. The van der Waals surface area contributed by atoms with Crippen molar-refractivity contribution in [2.75, 3.05) is 31.6 Å². The fourth-order valence-corrected chi connectivity index (χ4v) is 5.67. The van der Waals surface area contributed by atoms with E-state index in [0.29, 0.717) is 38.2 Å². The maximum absolute atomic E-state index is 13.1. The highest BCUT2D eigenvalue weighted by atomic mass is 32.2. The molecule has 2 amide bonds. The summed E-state index contributed by atoms with van der Waals surface area (Å²) in [7, 11) is -2.01. The molecule has 0 spiro atoms. The predicted octanol–water partition coefficient (Wildman–Crippen LogP) is 2.33. The zero-order valence-electron chi connectivity index (χ0n) is 18.9. The van der Waals surface area contributed by atoms with Gasteiger partial charge in [-0.25, -0.2) is 13.1 Å². The van der Waals surface area contributed by atoms with Crippen molar-refractivity contribution >= 4 is 27.5 Å². The number of anilines is 1. The Kier molecular flexibility index (Phi) is 6.71. The number of benzene rings is 2. The zero-order chi connectivity index (χ0) is 23.6. The summed E-state index contributed by atoms with van der Waals surface area (Å²) in [6, 6.07) is 13.7. The maximum atomic E-state index is 13.1. The van der Waals surface area contributed by atoms with Gasteiger partial charge in [0.2, 0.25) is 21.8 Å². The second-order valence-corrected chi connectivity index (χ2v) is 10.4. The molecule has 2 aromatic carbocycles. The number of carbonyl (C=O) groups is 2. The van der Waals surface area contributed by atoms with Gasteiger partial charge >= 0.3 is 0 Å². The van der Waals surface area contributed by atoms with E-state index in [0.717, 1.165) is 11.3 Å². The van der Waals surface area contributed by atoms with Crippen LogP contribution in [-0.4, -0.2) is 57.9 Å². The van der Waals surface area contributed by atoms with E-state index in [4.69, 9.17) is 4.74 Å². The topological polar surface area (TPSA) is 96.0 Å². The average Bonchev–Trinajstić information content (AvgIpc) is 3.21. The molecule has 2 aliphatic heterocycles. The van der Waals surface area contributed by atoms with E-state index in [1.165, 1.54) is 0 Å². The molecule has 1 N–H and O–H groups in total. The van der Waals surface area contributed by atoms with E-state index in [1.54, 1.807) is 53.3 Å². The molecule has 0 bridgehead atoms. The van der Waals surface area contributed by atoms with Crippen LogP contribution in [0.1, 0.15) is 24.8 Å². The Labute approximate surface area is 194 Å². The van der Waals surface area contributed by atoms with E-state index in [1.807, 2.05) is 19.1 Å². The Morgan fingerprint density at radius 1 is 1.03 bits per heavy atom. The third-order valence-corrected chi connectivity index (χ3v) is 7.85. The Balaban J connectivity index is 1.32. The van der Waals surface area contributed by atoms with Crippen molar-refractivity contribution in [3.63, 3.8) is 0 Å². The molecule has 0 aliphatic carbocycles. The number of amides is 2. The van der Waals surface area contributed by atoms with Gasteiger partial charge in [-0.1, -0.05) is 17.7 Å². The lowest BCUT2D eigenvalue weighted by atomic mass is 10.0. The summed E-state index contributed by atoms with van der Waals surface area (Å²) < 4.78 is 33.2. The van der Waals surface area contributed by atoms with Crippen LogP contribution < -0.4 is 14.4 Å². The van der Waals surface area contributed by atoms with E-state index in [9.17, 15) is 18.0 Å². The number of nitrogens with one attached hydrogen (secondary N) is 1. The van der Waals surface area contributed by atoms with Gasteiger partial charge in [0.05, 0.1) is 17.9 Å². The van der Waals surface area contributed by atoms with E-state index in [2.05, 4.69) is 4.72 Å². The van der Waals surface area contributed by atoms with Gasteiger partial charge in [0.1, 0.15) is 5.75 Å². The van der Waals surface area contributed by atoms with Gasteiger partial charge in [-0.15, -0.1) is 0 Å². The average molecular weight is 472 g/mol. The zero-order valence-corrected chi connectivity index (χ0v) is 19.7. The summed E-state index contributed by atoms with van der Waals surface area (Å²) >= 11 is 0. The molecule has 0 unspecified atom stereocenters. The third kappa shape index (κ3) is 5.20.